The number of carbonyl (C=O) groups excluding carboxylic acids is 3. The van der Waals surface area contributed by atoms with Crippen LogP contribution in [0.15, 0.2) is 46.9 Å². The summed E-state index contributed by atoms with van der Waals surface area (Å²) in [5.41, 5.74) is 1.37. The predicted octanol–water partition coefficient (Wildman–Crippen LogP) is 3.27. The minimum atomic E-state index is -0.384. The third kappa shape index (κ3) is 4.11. The molecule has 4 amide bonds. The Morgan fingerprint density at radius 2 is 1.85 bits per heavy atom. The smallest absolute Gasteiger partial charge is 0.319 e. The van der Waals surface area contributed by atoms with Gasteiger partial charge in [-0.1, -0.05) is 28.1 Å². The maximum absolute atomic E-state index is 12.4. The molecule has 27 heavy (non-hydrogen) atoms. The first-order valence-corrected chi connectivity index (χ1v) is 9.14. The average molecular weight is 432 g/mol. The summed E-state index contributed by atoms with van der Waals surface area (Å²) in [7, 11) is 1.53. The summed E-state index contributed by atoms with van der Waals surface area (Å²) in [6.45, 7) is 0.553. The number of para-hydroxylation sites is 2. The standard InChI is InChI=1S/C19H18BrN3O4/c1-27-16-6-3-2-5-15(16)22-19(26)21-9-4-10-23-17(24)13-8-7-12(20)11-14(13)18(23)25/h2-3,5-8,11H,4,9-10H2,1H3,(H2,21,22,26). The minimum absolute atomic E-state index is 0.235. The molecule has 0 bridgehead atoms. The van der Waals surface area contributed by atoms with Crippen LogP contribution < -0.4 is 15.4 Å². The van der Waals surface area contributed by atoms with Crippen molar-refractivity contribution in [2.45, 2.75) is 6.42 Å². The molecule has 0 radical (unpaired) electrons. The van der Waals surface area contributed by atoms with E-state index in [9.17, 15) is 14.4 Å². The minimum Gasteiger partial charge on any atom is -0.495 e. The summed E-state index contributed by atoms with van der Waals surface area (Å²) in [5, 5.41) is 5.40. The number of rotatable bonds is 6. The zero-order valence-electron chi connectivity index (χ0n) is 14.6. The van der Waals surface area contributed by atoms with Gasteiger partial charge in [-0.25, -0.2) is 4.79 Å². The van der Waals surface area contributed by atoms with Gasteiger partial charge in [0.2, 0.25) is 0 Å². The van der Waals surface area contributed by atoms with Crippen LogP contribution >= 0.6 is 15.9 Å². The van der Waals surface area contributed by atoms with E-state index in [0.29, 0.717) is 35.5 Å². The maximum atomic E-state index is 12.4. The second kappa shape index (κ2) is 8.22. The molecule has 0 atom stereocenters. The van der Waals surface area contributed by atoms with E-state index < -0.39 is 0 Å². The SMILES string of the molecule is COc1ccccc1NC(=O)NCCCN1C(=O)c2ccc(Br)cc2C1=O. The summed E-state index contributed by atoms with van der Waals surface area (Å²) >= 11 is 3.30. The number of amides is 4. The molecule has 0 aromatic heterocycles. The number of hydrogen-bond acceptors (Lipinski definition) is 4. The number of fused-ring (bicyclic) bond motifs is 1. The van der Waals surface area contributed by atoms with Crippen molar-refractivity contribution in [2.24, 2.45) is 0 Å². The molecule has 8 heteroatoms. The van der Waals surface area contributed by atoms with Gasteiger partial charge in [0, 0.05) is 17.6 Å². The molecule has 0 unspecified atom stereocenters. The number of nitrogens with zero attached hydrogens (tertiary/aromatic N) is 1. The van der Waals surface area contributed by atoms with Crippen LogP contribution in [0.25, 0.3) is 0 Å². The van der Waals surface area contributed by atoms with Crippen LogP contribution in [0.5, 0.6) is 5.75 Å². The van der Waals surface area contributed by atoms with Gasteiger partial charge in [0.25, 0.3) is 11.8 Å². The van der Waals surface area contributed by atoms with Gasteiger partial charge in [-0.3, -0.25) is 14.5 Å². The van der Waals surface area contributed by atoms with Crippen molar-refractivity contribution < 1.29 is 19.1 Å². The lowest BCUT2D eigenvalue weighted by molar-refractivity contribution is 0.0653. The summed E-state index contributed by atoms with van der Waals surface area (Å²) in [6.07, 6.45) is 0.450. The topological polar surface area (TPSA) is 87.7 Å². The molecule has 1 aliphatic heterocycles. The first-order chi connectivity index (χ1) is 13.0. The van der Waals surface area contributed by atoms with Gasteiger partial charge in [-0.15, -0.1) is 0 Å². The Hall–Kier alpha value is -2.87. The molecule has 0 spiro atoms. The zero-order chi connectivity index (χ0) is 19.4. The molecule has 0 saturated carbocycles. The molecule has 1 heterocycles. The Morgan fingerprint density at radius 1 is 1.11 bits per heavy atom. The number of nitrogens with one attached hydrogen (secondary N) is 2. The summed E-state index contributed by atoms with van der Waals surface area (Å²) in [6, 6.07) is 11.7. The Kier molecular flexibility index (Phi) is 5.75. The quantitative estimate of drug-likeness (QED) is 0.542. The van der Waals surface area contributed by atoms with Gasteiger partial charge in [-0.05, 0) is 36.8 Å². The lowest BCUT2D eigenvalue weighted by Gasteiger charge is -2.14. The number of imide groups is 1. The molecular weight excluding hydrogens is 414 g/mol. The van der Waals surface area contributed by atoms with Crippen LogP contribution in [0.4, 0.5) is 10.5 Å². The number of hydrogen-bond donors (Lipinski definition) is 2. The average Bonchev–Trinajstić information content (AvgIpc) is 2.89. The van der Waals surface area contributed by atoms with Gasteiger partial charge in [-0.2, -0.15) is 0 Å². The predicted molar refractivity (Wildman–Crippen MR) is 104 cm³/mol. The first kappa shape index (κ1) is 18.9. The molecule has 2 aromatic rings. The Balaban J connectivity index is 1.49. The molecular formula is C19H18BrN3O4. The van der Waals surface area contributed by atoms with E-state index in [0.717, 1.165) is 4.47 Å². The van der Waals surface area contributed by atoms with E-state index in [2.05, 4.69) is 26.6 Å². The van der Waals surface area contributed by atoms with Gasteiger partial charge in [0.1, 0.15) is 5.75 Å². The van der Waals surface area contributed by atoms with Gasteiger partial charge in [0.05, 0.1) is 23.9 Å². The molecule has 2 aromatic carbocycles. The highest BCUT2D eigenvalue weighted by Gasteiger charge is 2.34. The van der Waals surface area contributed by atoms with Crippen LogP contribution in [0, 0.1) is 0 Å². The van der Waals surface area contributed by atoms with Crippen molar-refractivity contribution in [3.05, 3.63) is 58.1 Å². The normalized spacial score (nSPS) is 12.7. The second-order valence-electron chi connectivity index (χ2n) is 5.89. The van der Waals surface area contributed by atoms with E-state index >= 15 is 0 Å². The van der Waals surface area contributed by atoms with Crippen molar-refractivity contribution in [3.8, 4) is 5.75 Å². The maximum Gasteiger partial charge on any atom is 0.319 e. The third-order valence-electron chi connectivity index (χ3n) is 4.13. The van der Waals surface area contributed by atoms with Crippen LogP contribution in [-0.4, -0.2) is 42.9 Å². The number of anilines is 1. The fraction of sp³-hybridized carbons (Fsp3) is 0.211. The van der Waals surface area contributed by atoms with Gasteiger partial charge >= 0.3 is 6.03 Å². The Labute approximate surface area is 164 Å². The third-order valence-corrected chi connectivity index (χ3v) is 4.63. The van der Waals surface area contributed by atoms with E-state index in [4.69, 9.17) is 4.74 Å². The number of ether oxygens (including phenoxy) is 1. The number of methoxy groups -OCH3 is 1. The lowest BCUT2D eigenvalue weighted by Crippen LogP contribution is -2.35. The number of halogens is 1. The van der Waals surface area contributed by atoms with Crippen LogP contribution in [0.1, 0.15) is 27.1 Å². The summed E-state index contributed by atoms with van der Waals surface area (Å²) < 4.78 is 5.92. The summed E-state index contributed by atoms with van der Waals surface area (Å²) in [5.74, 6) is -0.0550. The lowest BCUT2D eigenvalue weighted by atomic mass is 10.1. The summed E-state index contributed by atoms with van der Waals surface area (Å²) in [4.78, 5) is 37.9. The van der Waals surface area contributed by atoms with E-state index in [1.807, 2.05) is 6.07 Å². The molecule has 0 fully saturated rings. The molecule has 3 rings (SSSR count). The monoisotopic (exact) mass is 431 g/mol. The van der Waals surface area contributed by atoms with Crippen LogP contribution in [0.3, 0.4) is 0 Å². The molecule has 140 valence electrons. The van der Waals surface area contributed by atoms with Crippen molar-refractivity contribution >= 4 is 39.5 Å². The molecule has 2 N–H and O–H groups in total. The highest BCUT2D eigenvalue weighted by atomic mass is 79.9. The number of benzene rings is 2. The zero-order valence-corrected chi connectivity index (χ0v) is 16.2. The van der Waals surface area contributed by atoms with Crippen molar-refractivity contribution in [1.82, 2.24) is 10.2 Å². The fourth-order valence-electron chi connectivity index (χ4n) is 2.82. The van der Waals surface area contributed by atoms with E-state index in [1.54, 1.807) is 36.4 Å². The molecule has 0 saturated heterocycles. The largest absolute Gasteiger partial charge is 0.495 e. The van der Waals surface area contributed by atoms with Gasteiger partial charge < -0.3 is 15.4 Å². The highest BCUT2D eigenvalue weighted by molar-refractivity contribution is 9.10. The van der Waals surface area contributed by atoms with E-state index in [-0.39, 0.29) is 24.4 Å². The van der Waals surface area contributed by atoms with Crippen LogP contribution in [0.2, 0.25) is 0 Å². The van der Waals surface area contributed by atoms with Crippen molar-refractivity contribution in [1.29, 1.82) is 0 Å². The number of carbonyl (C=O) groups is 3. The molecule has 0 aliphatic carbocycles. The number of urea groups is 1. The Bertz CT molecular complexity index is 900. The second-order valence-corrected chi connectivity index (χ2v) is 6.80. The van der Waals surface area contributed by atoms with Gasteiger partial charge in [0.15, 0.2) is 0 Å². The fourth-order valence-corrected chi connectivity index (χ4v) is 3.18. The van der Waals surface area contributed by atoms with E-state index in [1.165, 1.54) is 12.0 Å². The molecule has 1 aliphatic rings. The molecule has 7 nitrogen and oxygen atoms in total. The van der Waals surface area contributed by atoms with Crippen molar-refractivity contribution in [2.75, 3.05) is 25.5 Å². The Morgan fingerprint density at radius 3 is 2.63 bits per heavy atom. The first-order valence-electron chi connectivity index (χ1n) is 8.35. The highest BCUT2D eigenvalue weighted by Crippen LogP contribution is 2.26. The van der Waals surface area contributed by atoms with Crippen molar-refractivity contribution in [3.63, 3.8) is 0 Å². The van der Waals surface area contributed by atoms with Crippen LogP contribution in [-0.2, 0) is 0 Å².